The molecule has 1 rings (SSSR count). The van der Waals surface area contributed by atoms with Crippen LogP contribution < -0.4 is 5.32 Å². The van der Waals surface area contributed by atoms with Gasteiger partial charge in [0.25, 0.3) is 0 Å². The van der Waals surface area contributed by atoms with Gasteiger partial charge >= 0.3 is 0 Å². The van der Waals surface area contributed by atoms with Crippen molar-refractivity contribution in [3.63, 3.8) is 0 Å². The van der Waals surface area contributed by atoms with Crippen molar-refractivity contribution in [3.05, 3.63) is 35.4 Å². The average Bonchev–Trinajstić information content (AvgIpc) is 2.37. The third-order valence-electron chi connectivity index (χ3n) is 3.61. The SMILES string of the molecule is CCNC(c1ccc(C)cc1)C(C)(CC)OCC. The van der Waals surface area contributed by atoms with Gasteiger partial charge in [-0.15, -0.1) is 0 Å². The summed E-state index contributed by atoms with van der Waals surface area (Å²) in [6.45, 7) is 12.4. The lowest BCUT2D eigenvalue weighted by Crippen LogP contribution is -2.43. The van der Waals surface area contributed by atoms with Gasteiger partial charge in [-0.1, -0.05) is 43.7 Å². The second kappa shape index (κ2) is 6.91. The van der Waals surface area contributed by atoms with Gasteiger partial charge in [0.2, 0.25) is 0 Å². The van der Waals surface area contributed by atoms with E-state index in [2.05, 4.69) is 64.2 Å². The fourth-order valence-corrected chi connectivity index (χ4v) is 2.37. The largest absolute Gasteiger partial charge is 0.374 e. The van der Waals surface area contributed by atoms with Gasteiger partial charge in [-0.3, -0.25) is 0 Å². The molecule has 0 amide bonds. The molecule has 2 atom stereocenters. The molecular formula is C16H27NO. The van der Waals surface area contributed by atoms with E-state index in [9.17, 15) is 0 Å². The lowest BCUT2D eigenvalue weighted by atomic mass is 9.87. The zero-order chi connectivity index (χ0) is 13.6. The summed E-state index contributed by atoms with van der Waals surface area (Å²) in [5, 5.41) is 3.57. The Morgan fingerprint density at radius 1 is 1.17 bits per heavy atom. The normalized spacial score (nSPS) is 16.3. The predicted molar refractivity (Wildman–Crippen MR) is 77.9 cm³/mol. The van der Waals surface area contributed by atoms with Crippen LogP contribution in [0.1, 0.15) is 51.3 Å². The smallest absolute Gasteiger partial charge is 0.0845 e. The van der Waals surface area contributed by atoms with Gasteiger partial charge in [0, 0.05) is 6.61 Å². The van der Waals surface area contributed by atoms with E-state index in [1.807, 2.05) is 0 Å². The summed E-state index contributed by atoms with van der Waals surface area (Å²) in [6, 6.07) is 8.99. The second-order valence-electron chi connectivity index (χ2n) is 5.00. The molecule has 2 unspecified atom stereocenters. The van der Waals surface area contributed by atoms with Crippen LogP contribution >= 0.6 is 0 Å². The molecule has 0 saturated carbocycles. The van der Waals surface area contributed by atoms with E-state index in [0.29, 0.717) is 0 Å². The number of aryl methyl sites for hydroxylation is 1. The minimum Gasteiger partial charge on any atom is -0.374 e. The third-order valence-corrected chi connectivity index (χ3v) is 3.61. The number of benzene rings is 1. The molecule has 102 valence electrons. The van der Waals surface area contributed by atoms with Crippen molar-refractivity contribution in [2.24, 2.45) is 0 Å². The highest BCUT2D eigenvalue weighted by Crippen LogP contribution is 2.32. The number of rotatable bonds is 7. The number of nitrogens with one attached hydrogen (secondary N) is 1. The van der Waals surface area contributed by atoms with Crippen LogP contribution in [0.2, 0.25) is 0 Å². The monoisotopic (exact) mass is 249 g/mol. The first-order valence-corrected chi connectivity index (χ1v) is 7.01. The Hall–Kier alpha value is -0.860. The van der Waals surface area contributed by atoms with E-state index in [1.165, 1.54) is 11.1 Å². The summed E-state index contributed by atoms with van der Waals surface area (Å²) < 4.78 is 6.02. The van der Waals surface area contributed by atoms with Crippen LogP contribution in [0.4, 0.5) is 0 Å². The predicted octanol–water partition coefficient (Wildman–Crippen LogP) is 3.85. The van der Waals surface area contributed by atoms with Gasteiger partial charge in [-0.05, 0) is 39.3 Å². The molecular weight excluding hydrogens is 222 g/mol. The van der Waals surface area contributed by atoms with Gasteiger partial charge < -0.3 is 10.1 Å². The van der Waals surface area contributed by atoms with Crippen LogP contribution in [0, 0.1) is 6.92 Å². The Labute approximate surface area is 112 Å². The van der Waals surface area contributed by atoms with Crippen LogP contribution in [0.5, 0.6) is 0 Å². The summed E-state index contributed by atoms with van der Waals surface area (Å²) in [7, 11) is 0. The quantitative estimate of drug-likeness (QED) is 0.792. The molecule has 0 aliphatic heterocycles. The van der Waals surface area contributed by atoms with Gasteiger partial charge in [-0.25, -0.2) is 0 Å². The zero-order valence-corrected chi connectivity index (χ0v) is 12.4. The molecule has 0 aromatic heterocycles. The van der Waals surface area contributed by atoms with Crippen molar-refractivity contribution in [1.29, 1.82) is 0 Å². The molecule has 2 nitrogen and oxygen atoms in total. The first-order valence-electron chi connectivity index (χ1n) is 7.01. The lowest BCUT2D eigenvalue weighted by Gasteiger charge is -2.37. The van der Waals surface area contributed by atoms with Gasteiger partial charge in [0.05, 0.1) is 11.6 Å². The van der Waals surface area contributed by atoms with Crippen molar-refractivity contribution in [1.82, 2.24) is 5.32 Å². The molecule has 0 bridgehead atoms. The van der Waals surface area contributed by atoms with E-state index in [1.54, 1.807) is 0 Å². The van der Waals surface area contributed by atoms with Gasteiger partial charge in [0.15, 0.2) is 0 Å². The summed E-state index contributed by atoms with van der Waals surface area (Å²) >= 11 is 0. The van der Waals surface area contributed by atoms with Crippen LogP contribution in [-0.4, -0.2) is 18.8 Å². The Morgan fingerprint density at radius 2 is 1.78 bits per heavy atom. The third kappa shape index (κ3) is 3.56. The fraction of sp³-hybridized carbons (Fsp3) is 0.625. The number of ether oxygens (including phenoxy) is 1. The molecule has 1 aromatic carbocycles. The van der Waals surface area contributed by atoms with E-state index < -0.39 is 0 Å². The van der Waals surface area contributed by atoms with Crippen molar-refractivity contribution in [2.75, 3.05) is 13.2 Å². The van der Waals surface area contributed by atoms with Crippen LogP contribution in [0.15, 0.2) is 24.3 Å². The summed E-state index contributed by atoms with van der Waals surface area (Å²) in [5.41, 5.74) is 2.45. The Balaban J connectivity index is 3.03. The molecule has 0 saturated heterocycles. The molecule has 1 N–H and O–H groups in total. The molecule has 0 heterocycles. The number of hydrogen-bond donors (Lipinski definition) is 1. The maximum atomic E-state index is 6.02. The maximum Gasteiger partial charge on any atom is 0.0845 e. The molecule has 0 aliphatic carbocycles. The molecule has 0 spiro atoms. The van der Waals surface area contributed by atoms with Gasteiger partial charge in [-0.2, -0.15) is 0 Å². The van der Waals surface area contributed by atoms with Crippen molar-refractivity contribution in [3.8, 4) is 0 Å². The molecule has 18 heavy (non-hydrogen) atoms. The van der Waals surface area contributed by atoms with Gasteiger partial charge in [0.1, 0.15) is 0 Å². The molecule has 0 fully saturated rings. The van der Waals surface area contributed by atoms with E-state index in [4.69, 9.17) is 4.74 Å². The van der Waals surface area contributed by atoms with Crippen molar-refractivity contribution < 1.29 is 4.74 Å². The lowest BCUT2D eigenvalue weighted by molar-refractivity contribution is -0.0560. The highest BCUT2D eigenvalue weighted by molar-refractivity contribution is 5.26. The van der Waals surface area contributed by atoms with E-state index >= 15 is 0 Å². The molecule has 0 aliphatic rings. The second-order valence-corrected chi connectivity index (χ2v) is 5.00. The van der Waals surface area contributed by atoms with Crippen LogP contribution in [0.3, 0.4) is 0 Å². The molecule has 0 radical (unpaired) electrons. The summed E-state index contributed by atoms with van der Waals surface area (Å²) in [6.07, 6.45) is 0.992. The number of likely N-dealkylation sites (N-methyl/N-ethyl adjacent to an activating group) is 1. The maximum absolute atomic E-state index is 6.02. The van der Waals surface area contributed by atoms with Crippen molar-refractivity contribution in [2.45, 2.75) is 52.7 Å². The Bertz CT molecular complexity index is 347. The zero-order valence-electron chi connectivity index (χ0n) is 12.4. The molecule has 2 heteroatoms. The fourth-order valence-electron chi connectivity index (χ4n) is 2.37. The minimum absolute atomic E-state index is 0.153. The highest BCUT2D eigenvalue weighted by Gasteiger charge is 2.33. The van der Waals surface area contributed by atoms with Crippen LogP contribution in [-0.2, 0) is 4.74 Å². The van der Waals surface area contributed by atoms with Crippen LogP contribution in [0.25, 0.3) is 0 Å². The Morgan fingerprint density at radius 3 is 2.22 bits per heavy atom. The minimum atomic E-state index is -0.153. The molecule has 1 aromatic rings. The highest BCUT2D eigenvalue weighted by atomic mass is 16.5. The van der Waals surface area contributed by atoms with E-state index in [0.717, 1.165) is 19.6 Å². The average molecular weight is 249 g/mol. The standard InChI is InChI=1S/C16H27NO/c1-6-16(5,18-8-3)15(17-7-2)14-11-9-13(4)10-12-14/h9-12,15,17H,6-8H2,1-5H3. The van der Waals surface area contributed by atoms with E-state index in [-0.39, 0.29) is 11.6 Å². The Kier molecular flexibility index (Phi) is 5.83. The first-order chi connectivity index (χ1) is 8.57. The number of hydrogen-bond acceptors (Lipinski definition) is 2. The summed E-state index contributed by atoms with van der Waals surface area (Å²) in [4.78, 5) is 0. The van der Waals surface area contributed by atoms with Crippen molar-refractivity contribution >= 4 is 0 Å². The summed E-state index contributed by atoms with van der Waals surface area (Å²) in [5.74, 6) is 0. The first kappa shape index (κ1) is 15.2. The topological polar surface area (TPSA) is 21.3 Å².